The number of halogens is 1. The van der Waals surface area contributed by atoms with Gasteiger partial charge in [-0.2, -0.15) is 0 Å². The van der Waals surface area contributed by atoms with Gasteiger partial charge >= 0.3 is 0 Å². The van der Waals surface area contributed by atoms with Crippen LogP contribution in [0.2, 0.25) is 5.02 Å². The third kappa shape index (κ3) is 5.88. The number of benzene rings is 1. The molecule has 0 aliphatic carbocycles. The van der Waals surface area contributed by atoms with Crippen molar-refractivity contribution in [2.45, 2.75) is 6.92 Å². The van der Waals surface area contributed by atoms with Gasteiger partial charge in [0.05, 0.1) is 0 Å². The molecule has 0 fully saturated rings. The van der Waals surface area contributed by atoms with E-state index in [4.69, 9.17) is 16.1 Å². The highest BCUT2D eigenvalue weighted by Gasteiger charge is 2.19. The number of aromatic nitrogens is 1. The second-order valence-corrected chi connectivity index (χ2v) is 6.34. The summed E-state index contributed by atoms with van der Waals surface area (Å²) in [5, 5.41) is 6.89. The van der Waals surface area contributed by atoms with Crippen molar-refractivity contribution in [1.82, 2.24) is 15.0 Å². The van der Waals surface area contributed by atoms with Gasteiger partial charge in [-0.1, -0.05) is 16.8 Å². The normalized spacial score (nSPS) is 10.8. The second-order valence-electron chi connectivity index (χ2n) is 5.91. The summed E-state index contributed by atoms with van der Waals surface area (Å²) in [4.78, 5) is 28.4. The Morgan fingerprint density at radius 1 is 1.20 bits per heavy atom. The third-order valence-electron chi connectivity index (χ3n) is 3.43. The molecule has 0 atom stereocenters. The minimum atomic E-state index is -0.339. The maximum absolute atomic E-state index is 12.7. The first-order valence-corrected chi connectivity index (χ1v) is 8.15. The number of likely N-dealkylation sites (N-methyl/N-ethyl adjacent to an activating group) is 1. The molecule has 0 spiro atoms. The number of amides is 2. The molecule has 2 amide bonds. The first kappa shape index (κ1) is 19.0. The van der Waals surface area contributed by atoms with Gasteiger partial charge in [0.1, 0.15) is 12.3 Å². The van der Waals surface area contributed by atoms with Crippen LogP contribution in [0, 0.1) is 6.92 Å². The molecule has 0 radical (unpaired) electrons. The Bertz CT molecular complexity index is 728. The van der Waals surface area contributed by atoms with Crippen LogP contribution in [-0.4, -0.2) is 60.5 Å². The number of nitrogens with zero attached hydrogens (tertiary/aromatic N) is 3. The summed E-state index contributed by atoms with van der Waals surface area (Å²) in [6.45, 7) is 2.70. The van der Waals surface area contributed by atoms with E-state index in [2.05, 4.69) is 10.5 Å². The number of carbonyl (C=O) groups excluding carboxylic acids is 2. The SMILES string of the molecule is Cc1cc(NC(=O)CN(CCN(C)C)C(=O)c2ccc(Cl)cc2)no1. The largest absolute Gasteiger partial charge is 0.360 e. The van der Waals surface area contributed by atoms with Crippen LogP contribution >= 0.6 is 11.6 Å². The van der Waals surface area contributed by atoms with Crippen LogP contribution in [0.5, 0.6) is 0 Å². The Labute approximate surface area is 151 Å². The quantitative estimate of drug-likeness (QED) is 0.815. The fourth-order valence-corrected chi connectivity index (χ4v) is 2.26. The number of anilines is 1. The average Bonchev–Trinajstić information content (AvgIpc) is 2.96. The molecule has 1 aromatic heterocycles. The van der Waals surface area contributed by atoms with Gasteiger partial charge in [-0.15, -0.1) is 0 Å². The summed E-state index contributed by atoms with van der Waals surface area (Å²) in [6.07, 6.45) is 0. The predicted molar refractivity (Wildman–Crippen MR) is 95.8 cm³/mol. The topological polar surface area (TPSA) is 78.7 Å². The van der Waals surface area contributed by atoms with Crippen molar-refractivity contribution in [3.8, 4) is 0 Å². The molecule has 2 rings (SSSR count). The monoisotopic (exact) mass is 364 g/mol. The van der Waals surface area contributed by atoms with E-state index >= 15 is 0 Å². The summed E-state index contributed by atoms with van der Waals surface area (Å²) in [5.74, 6) is 0.352. The van der Waals surface area contributed by atoms with Gasteiger partial charge in [0.15, 0.2) is 5.82 Å². The van der Waals surface area contributed by atoms with Crippen LogP contribution < -0.4 is 5.32 Å². The summed E-state index contributed by atoms with van der Waals surface area (Å²) in [5.41, 5.74) is 0.480. The molecule has 8 heteroatoms. The minimum absolute atomic E-state index is 0.0821. The van der Waals surface area contributed by atoms with Crippen molar-refractivity contribution in [3.05, 3.63) is 46.7 Å². The number of hydrogen-bond donors (Lipinski definition) is 1. The summed E-state index contributed by atoms with van der Waals surface area (Å²) in [7, 11) is 3.81. The van der Waals surface area contributed by atoms with E-state index in [0.717, 1.165) is 0 Å². The lowest BCUT2D eigenvalue weighted by atomic mass is 10.2. The zero-order valence-electron chi connectivity index (χ0n) is 14.5. The van der Waals surface area contributed by atoms with Gasteiger partial charge in [-0.3, -0.25) is 9.59 Å². The van der Waals surface area contributed by atoms with Gasteiger partial charge in [0.2, 0.25) is 5.91 Å². The number of rotatable bonds is 7. The fraction of sp³-hybridized carbons (Fsp3) is 0.353. The zero-order valence-corrected chi connectivity index (χ0v) is 15.2. The van der Waals surface area contributed by atoms with Gasteiger partial charge in [-0.25, -0.2) is 0 Å². The van der Waals surface area contributed by atoms with Gasteiger partial charge in [0.25, 0.3) is 5.91 Å². The number of nitrogens with one attached hydrogen (secondary N) is 1. The first-order valence-electron chi connectivity index (χ1n) is 7.78. The van der Waals surface area contributed by atoms with E-state index in [9.17, 15) is 9.59 Å². The zero-order chi connectivity index (χ0) is 18.4. The van der Waals surface area contributed by atoms with Crippen molar-refractivity contribution in [1.29, 1.82) is 0 Å². The van der Waals surface area contributed by atoms with Crippen molar-refractivity contribution in [2.75, 3.05) is 39.0 Å². The lowest BCUT2D eigenvalue weighted by Gasteiger charge is -2.24. The standard InChI is InChI=1S/C17H21ClN4O3/c1-12-10-15(20-25-12)19-16(23)11-22(9-8-21(2)3)17(24)13-4-6-14(18)7-5-13/h4-7,10H,8-9,11H2,1-3H3,(H,19,20,23). The molecular weight excluding hydrogens is 344 g/mol. The Morgan fingerprint density at radius 2 is 1.88 bits per heavy atom. The van der Waals surface area contributed by atoms with Crippen LogP contribution in [-0.2, 0) is 4.79 Å². The number of carbonyl (C=O) groups is 2. The molecule has 0 aliphatic heterocycles. The van der Waals surface area contributed by atoms with Crippen LogP contribution in [0.25, 0.3) is 0 Å². The molecule has 134 valence electrons. The van der Waals surface area contributed by atoms with E-state index < -0.39 is 0 Å². The molecule has 0 bridgehead atoms. The van der Waals surface area contributed by atoms with E-state index in [1.807, 2.05) is 19.0 Å². The van der Waals surface area contributed by atoms with Gasteiger partial charge in [-0.05, 0) is 45.3 Å². The van der Waals surface area contributed by atoms with Crippen LogP contribution in [0.1, 0.15) is 16.1 Å². The summed E-state index contributed by atoms with van der Waals surface area (Å²) < 4.78 is 4.91. The highest BCUT2D eigenvalue weighted by molar-refractivity contribution is 6.30. The van der Waals surface area contributed by atoms with Crippen LogP contribution in [0.3, 0.4) is 0 Å². The second kappa shape index (κ2) is 8.64. The lowest BCUT2D eigenvalue weighted by Crippen LogP contribution is -2.41. The molecule has 0 saturated carbocycles. The maximum Gasteiger partial charge on any atom is 0.254 e. The molecule has 0 saturated heterocycles. The molecule has 1 aromatic carbocycles. The minimum Gasteiger partial charge on any atom is -0.360 e. The third-order valence-corrected chi connectivity index (χ3v) is 3.68. The van der Waals surface area contributed by atoms with Crippen molar-refractivity contribution < 1.29 is 14.1 Å². The predicted octanol–water partition coefficient (Wildman–Crippen LogP) is 2.28. The molecule has 7 nitrogen and oxygen atoms in total. The fourth-order valence-electron chi connectivity index (χ4n) is 2.13. The lowest BCUT2D eigenvalue weighted by molar-refractivity contribution is -0.117. The Morgan fingerprint density at radius 3 is 2.44 bits per heavy atom. The van der Waals surface area contributed by atoms with Crippen molar-refractivity contribution >= 4 is 29.2 Å². The smallest absolute Gasteiger partial charge is 0.254 e. The molecule has 1 heterocycles. The molecule has 1 N–H and O–H groups in total. The highest BCUT2D eigenvalue weighted by atomic mass is 35.5. The van der Waals surface area contributed by atoms with E-state index in [-0.39, 0.29) is 18.4 Å². The average molecular weight is 365 g/mol. The Hall–Kier alpha value is -2.38. The first-order chi connectivity index (χ1) is 11.8. The summed E-state index contributed by atoms with van der Waals surface area (Å²) in [6, 6.07) is 8.20. The highest BCUT2D eigenvalue weighted by Crippen LogP contribution is 2.12. The number of aryl methyl sites for hydroxylation is 1. The number of hydrogen-bond acceptors (Lipinski definition) is 5. The van der Waals surface area contributed by atoms with Crippen molar-refractivity contribution in [3.63, 3.8) is 0 Å². The molecule has 25 heavy (non-hydrogen) atoms. The van der Waals surface area contributed by atoms with E-state index in [1.165, 1.54) is 4.90 Å². The molecular formula is C17H21ClN4O3. The summed E-state index contributed by atoms with van der Waals surface area (Å²) >= 11 is 5.86. The maximum atomic E-state index is 12.7. The van der Waals surface area contributed by atoms with Gasteiger partial charge in [0, 0.05) is 29.7 Å². The van der Waals surface area contributed by atoms with Crippen molar-refractivity contribution in [2.24, 2.45) is 0 Å². The van der Waals surface area contributed by atoms with Crippen LogP contribution in [0.15, 0.2) is 34.9 Å². The van der Waals surface area contributed by atoms with Crippen LogP contribution in [0.4, 0.5) is 5.82 Å². The molecule has 0 aliphatic rings. The molecule has 2 aromatic rings. The van der Waals surface area contributed by atoms with E-state index in [0.29, 0.717) is 35.3 Å². The van der Waals surface area contributed by atoms with E-state index in [1.54, 1.807) is 37.3 Å². The Kier molecular flexibility index (Phi) is 6.55. The Balaban J connectivity index is 2.07. The molecule has 0 unspecified atom stereocenters. The van der Waals surface area contributed by atoms with Gasteiger partial charge < -0.3 is 19.6 Å².